The van der Waals surface area contributed by atoms with Crippen LogP contribution in [-0.4, -0.2) is 24.6 Å². The molecular weight excluding hydrogens is 238 g/mol. The van der Waals surface area contributed by atoms with Crippen molar-refractivity contribution in [1.82, 2.24) is 15.6 Å². The van der Waals surface area contributed by atoms with E-state index in [2.05, 4.69) is 36.9 Å². The molecule has 1 fully saturated rings. The third-order valence-electron chi connectivity index (χ3n) is 1.89. The summed E-state index contributed by atoms with van der Waals surface area (Å²) in [6, 6.07) is 0.390. The fourth-order valence-electron chi connectivity index (χ4n) is 1.29. The number of thiazole rings is 1. The summed E-state index contributed by atoms with van der Waals surface area (Å²) < 4.78 is 0.963. The van der Waals surface area contributed by atoms with Crippen LogP contribution in [0.4, 0.5) is 0 Å². The summed E-state index contributed by atoms with van der Waals surface area (Å²) in [4.78, 5) is 4.37. The van der Waals surface area contributed by atoms with Crippen molar-refractivity contribution >= 4 is 27.3 Å². The molecule has 1 unspecified atom stereocenters. The van der Waals surface area contributed by atoms with Crippen molar-refractivity contribution < 1.29 is 0 Å². The number of nitrogens with zero attached hydrogens (tertiary/aromatic N) is 1. The van der Waals surface area contributed by atoms with Crippen LogP contribution in [0.5, 0.6) is 0 Å². The Morgan fingerprint density at radius 1 is 1.58 bits per heavy atom. The highest BCUT2D eigenvalue weighted by molar-refractivity contribution is 9.11. The lowest BCUT2D eigenvalue weighted by molar-refractivity contribution is 0.424. The Hall–Kier alpha value is 0.0300. The normalized spacial score (nSPS) is 24.2. The summed E-state index contributed by atoms with van der Waals surface area (Å²) in [5.74, 6) is 0. The molecule has 1 aliphatic rings. The highest BCUT2D eigenvalue weighted by Gasteiger charge is 2.16. The van der Waals surface area contributed by atoms with E-state index in [1.54, 1.807) is 11.3 Å². The molecular formula is C7H10BrN3S. The topological polar surface area (TPSA) is 37.0 Å². The van der Waals surface area contributed by atoms with Crippen LogP contribution in [0, 0.1) is 0 Å². The molecule has 2 rings (SSSR count). The molecule has 0 spiro atoms. The fraction of sp³-hybridized carbons (Fsp3) is 0.571. The largest absolute Gasteiger partial charge is 0.314 e. The molecule has 0 aliphatic carbocycles. The van der Waals surface area contributed by atoms with Crippen molar-refractivity contribution in [2.75, 3.05) is 19.6 Å². The van der Waals surface area contributed by atoms with Gasteiger partial charge in [-0.2, -0.15) is 0 Å². The molecule has 0 bridgehead atoms. The zero-order chi connectivity index (χ0) is 8.39. The Balaban J connectivity index is 2.08. The van der Waals surface area contributed by atoms with Crippen LogP contribution in [-0.2, 0) is 0 Å². The SMILES string of the molecule is Brc1nc(C2CNCCN2)cs1. The molecule has 2 heterocycles. The maximum atomic E-state index is 4.37. The van der Waals surface area contributed by atoms with Crippen molar-refractivity contribution in [3.05, 3.63) is 15.0 Å². The minimum Gasteiger partial charge on any atom is -0.314 e. The summed E-state index contributed by atoms with van der Waals surface area (Å²) >= 11 is 4.99. The second kappa shape index (κ2) is 3.83. The van der Waals surface area contributed by atoms with Gasteiger partial charge in [0.05, 0.1) is 11.7 Å². The number of rotatable bonds is 1. The minimum atomic E-state index is 0.390. The fourth-order valence-corrected chi connectivity index (χ4v) is 2.36. The van der Waals surface area contributed by atoms with Gasteiger partial charge in [-0.3, -0.25) is 0 Å². The predicted molar refractivity (Wildman–Crippen MR) is 53.4 cm³/mol. The summed E-state index contributed by atoms with van der Waals surface area (Å²) in [7, 11) is 0. The number of hydrogen-bond acceptors (Lipinski definition) is 4. The van der Waals surface area contributed by atoms with Gasteiger partial charge in [0.2, 0.25) is 0 Å². The highest BCUT2D eigenvalue weighted by atomic mass is 79.9. The van der Waals surface area contributed by atoms with E-state index in [4.69, 9.17) is 0 Å². The van der Waals surface area contributed by atoms with Crippen LogP contribution in [0.3, 0.4) is 0 Å². The zero-order valence-electron chi connectivity index (χ0n) is 6.51. The second-order valence-corrected chi connectivity index (χ2v) is 4.87. The monoisotopic (exact) mass is 247 g/mol. The molecule has 12 heavy (non-hydrogen) atoms. The lowest BCUT2D eigenvalue weighted by atomic mass is 10.2. The first-order chi connectivity index (χ1) is 5.86. The smallest absolute Gasteiger partial charge is 0.159 e. The van der Waals surface area contributed by atoms with Crippen molar-refractivity contribution in [2.24, 2.45) is 0 Å². The standard InChI is InChI=1S/C7H10BrN3S/c8-7-11-6(4-12-7)5-3-9-1-2-10-5/h4-5,9-10H,1-3H2. The van der Waals surface area contributed by atoms with Crippen LogP contribution < -0.4 is 10.6 Å². The van der Waals surface area contributed by atoms with Gasteiger partial charge in [0, 0.05) is 25.0 Å². The van der Waals surface area contributed by atoms with Gasteiger partial charge >= 0.3 is 0 Å². The molecule has 1 saturated heterocycles. The molecule has 0 aromatic carbocycles. The van der Waals surface area contributed by atoms with E-state index in [0.717, 1.165) is 29.2 Å². The van der Waals surface area contributed by atoms with Crippen molar-refractivity contribution in [3.8, 4) is 0 Å². The minimum absolute atomic E-state index is 0.390. The molecule has 66 valence electrons. The predicted octanol–water partition coefficient (Wildman–Crippen LogP) is 1.14. The van der Waals surface area contributed by atoms with Crippen molar-refractivity contribution in [2.45, 2.75) is 6.04 Å². The Morgan fingerprint density at radius 2 is 2.50 bits per heavy atom. The number of halogens is 1. The lowest BCUT2D eigenvalue weighted by Gasteiger charge is -2.22. The first kappa shape index (κ1) is 8.62. The number of piperazine rings is 1. The number of aromatic nitrogens is 1. The van der Waals surface area contributed by atoms with E-state index in [0.29, 0.717) is 6.04 Å². The molecule has 0 saturated carbocycles. The van der Waals surface area contributed by atoms with E-state index in [-0.39, 0.29) is 0 Å². The number of hydrogen-bond donors (Lipinski definition) is 2. The van der Waals surface area contributed by atoms with Crippen LogP contribution in [0.15, 0.2) is 9.30 Å². The van der Waals surface area contributed by atoms with Crippen molar-refractivity contribution in [1.29, 1.82) is 0 Å². The van der Waals surface area contributed by atoms with Gasteiger partial charge < -0.3 is 10.6 Å². The summed E-state index contributed by atoms with van der Waals surface area (Å²) in [6.45, 7) is 3.07. The van der Waals surface area contributed by atoms with Gasteiger partial charge in [-0.1, -0.05) is 0 Å². The van der Waals surface area contributed by atoms with E-state index in [1.807, 2.05) is 0 Å². The van der Waals surface area contributed by atoms with Gasteiger partial charge in [-0.05, 0) is 15.9 Å². The Bertz CT molecular complexity index is 257. The van der Waals surface area contributed by atoms with E-state index in [9.17, 15) is 0 Å². The van der Waals surface area contributed by atoms with Gasteiger partial charge in [-0.15, -0.1) is 11.3 Å². The van der Waals surface area contributed by atoms with Gasteiger partial charge in [0.25, 0.3) is 0 Å². The number of nitrogens with one attached hydrogen (secondary N) is 2. The molecule has 1 aliphatic heterocycles. The Kier molecular flexibility index (Phi) is 2.75. The van der Waals surface area contributed by atoms with Crippen LogP contribution >= 0.6 is 27.3 Å². The second-order valence-electron chi connectivity index (χ2n) is 2.74. The lowest BCUT2D eigenvalue weighted by Crippen LogP contribution is -2.42. The summed E-state index contributed by atoms with van der Waals surface area (Å²) in [6.07, 6.45) is 0. The van der Waals surface area contributed by atoms with Crippen LogP contribution in [0.1, 0.15) is 11.7 Å². The van der Waals surface area contributed by atoms with Crippen molar-refractivity contribution in [3.63, 3.8) is 0 Å². The molecule has 0 amide bonds. The molecule has 1 atom stereocenters. The molecule has 1 aromatic heterocycles. The first-order valence-corrected chi connectivity index (χ1v) is 5.58. The maximum Gasteiger partial charge on any atom is 0.159 e. The Morgan fingerprint density at radius 3 is 3.08 bits per heavy atom. The van der Waals surface area contributed by atoms with Gasteiger partial charge in [0.15, 0.2) is 3.92 Å². The third kappa shape index (κ3) is 1.85. The quantitative estimate of drug-likeness (QED) is 0.782. The Labute approximate surface area is 83.7 Å². The first-order valence-electron chi connectivity index (χ1n) is 3.91. The zero-order valence-corrected chi connectivity index (χ0v) is 8.91. The maximum absolute atomic E-state index is 4.37. The molecule has 0 radical (unpaired) electrons. The van der Waals surface area contributed by atoms with Crippen LogP contribution in [0.2, 0.25) is 0 Å². The van der Waals surface area contributed by atoms with E-state index < -0.39 is 0 Å². The summed E-state index contributed by atoms with van der Waals surface area (Å²) in [5, 5.41) is 8.83. The van der Waals surface area contributed by atoms with Gasteiger partial charge in [0.1, 0.15) is 0 Å². The molecule has 2 N–H and O–H groups in total. The molecule has 1 aromatic rings. The third-order valence-corrected chi connectivity index (χ3v) is 3.28. The van der Waals surface area contributed by atoms with Gasteiger partial charge in [-0.25, -0.2) is 4.98 Å². The van der Waals surface area contributed by atoms with E-state index >= 15 is 0 Å². The van der Waals surface area contributed by atoms with Crippen LogP contribution in [0.25, 0.3) is 0 Å². The average Bonchev–Trinajstić information content (AvgIpc) is 2.54. The summed E-state index contributed by atoms with van der Waals surface area (Å²) in [5.41, 5.74) is 1.14. The molecule has 5 heteroatoms. The van der Waals surface area contributed by atoms with E-state index in [1.165, 1.54) is 0 Å². The molecule has 3 nitrogen and oxygen atoms in total. The average molecular weight is 248 g/mol. The highest BCUT2D eigenvalue weighted by Crippen LogP contribution is 2.21.